The Morgan fingerprint density at radius 3 is 2.94 bits per heavy atom. The average molecular weight is 239 g/mol. The quantitative estimate of drug-likeness (QED) is 0.702. The third-order valence-corrected chi connectivity index (χ3v) is 2.76. The van der Waals surface area contributed by atoms with Gasteiger partial charge in [0, 0.05) is 24.0 Å². The summed E-state index contributed by atoms with van der Waals surface area (Å²) < 4.78 is 7.77. The number of imidazole rings is 1. The molecule has 0 aliphatic carbocycles. The highest BCUT2D eigenvalue weighted by Crippen LogP contribution is 2.22. The molecule has 0 saturated carbocycles. The average Bonchev–Trinajstić information content (AvgIpc) is 2.92. The lowest BCUT2D eigenvalue weighted by Crippen LogP contribution is -2.06. The summed E-state index contributed by atoms with van der Waals surface area (Å²) in [6.45, 7) is 1.38. The van der Waals surface area contributed by atoms with E-state index in [-0.39, 0.29) is 0 Å². The van der Waals surface area contributed by atoms with Crippen LogP contribution in [0, 0.1) is 0 Å². The first kappa shape index (κ1) is 10.8. The Morgan fingerprint density at radius 1 is 1.11 bits per heavy atom. The van der Waals surface area contributed by atoms with Gasteiger partial charge in [0.25, 0.3) is 0 Å². The SMILES string of the molecule is c1cnc2c(OCCn3ccnc3)cccc2c1. The van der Waals surface area contributed by atoms with Crippen LogP contribution in [0.15, 0.2) is 55.2 Å². The van der Waals surface area contributed by atoms with Crippen molar-refractivity contribution in [1.29, 1.82) is 0 Å². The Kier molecular flexibility index (Phi) is 2.92. The van der Waals surface area contributed by atoms with E-state index < -0.39 is 0 Å². The second kappa shape index (κ2) is 4.87. The molecule has 90 valence electrons. The highest BCUT2D eigenvalue weighted by atomic mass is 16.5. The number of pyridine rings is 1. The van der Waals surface area contributed by atoms with Gasteiger partial charge in [0.1, 0.15) is 17.9 Å². The monoisotopic (exact) mass is 239 g/mol. The van der Waals surface area contributed by atoms with Crippen molar-refractivity contribution in [1.82, 2.24) is 14.5 Å². The van der Waals surface area contributed by atoms with E-state index in [1.807, 2.05) is 41.1 Å². The maximum absolute atomic E-state index is 5.78. The van der Waals surface area contributed by atoms with Gasteiger partial charge in [0.2, 0.25) is 0 Å². The standard InChI is InChI=1S/C14H13N3O/c1-3-12-4-2-6-16-14(12)13(5-1)18-10-9-17-8-7-15-11-17/h1-8,11H,9-10H2. The van der Waals surface area contributed by atoms with Gasteiger partial charge >= 0.3 is 0 Å². The molecular weight excluding hydrogens is 226 g/mol. The number of ether oxygens (including phenoxy) is 1. The number of aromatic nitrogens is 3. The Morgan fingerprint density at radius 2 is 2.06 bits per heavy atom. The molecule has 4 heteroatoms. The van der Waals surface area contributed by atoms with E-state index >= 15 is 0 Å². The maximum Gasteiger partial charge on any atom is 0.145 e. The predicted octanol–water partition coefficient (Wildman–Crippen LogP) is 2.51. The van der Waals surface area contributed by atoms with Crippen molar-refractivity contribution in [3.63, 3.8) is 0 Å². The zero-order valence-corrected chi connectivity index (χ0v) is 9.86. The molecule has 0 aliphatic heterocycles. The van der Waals surface area contributed by atoms with Crippen molar-refractivity contribution in [2.45, 2.75) is 6.54 Å². The van der Waals surface area contributed by atoms with Crippen molar-refractivity contribution in [3.05, 3.63) is 55.2 Å². The van der Waals surface area contributed by atoms with Gasteiger partial charge in [-0.05, 0) is 12.1 Å². The van der Waals surface area contributed by atoms with Gasteiger partial charge in [-0.3, -0.25) is 4.98 Å². The highest BCUT2D eigenvalue weighted by molar-refractivity contribution is 5.84. The summed E-state index contributed by atoms with van der Waals surface area (Å²) in [5.74, 6) is 0.827. The van der Waals surface area contributed by atoms with E-state index in [9.17, 15) is 0 Å². The fraction of sp³-hybridized carbons (Fsp3) is 0.143. The molecule has 0 aliphatic rings. The summed E-state index contributed by atoms with van der Waals surface area (Å²) in [7, 11) is 0. The van der Waals surface area contributed by atoms with Crippen molar-refractivity contribution in [2.24, 2.45) is 0 Å². The number of para-hydroxylation sites is 1. The minimum absolute atomic E-state index is 0.603. The first-order valence-corrected chi connectivity index (χ1v) is 5.86. The van der Waals surface area contributed by atoms with Crippen LogP contribution in [0.2, 0.25) is 0 Å². The molecule has 3 rings (SSSR count). The normalized spacial score (nSPS) is 10.7. The summed E-state index contributed by atoms with van der Waals surface area (Å²) in [4.78, 5) is 8.35. The number of benzene rings is 1. The van der Waals surface area contributed by atoms with Crippen LogP contribution in [0.1, 0.15) is 0 Å². The summed E-state index contributed by atoms with van der Waals surface area (Å²) >= 11 is 0. The van der Waals surface area contributed by atoms with Crippen molar-refractivity contribution in [2.75, 3.05) is 6.61 Å². The van der Waals surface area contributed by atoms with Crippen molar-refractivity contribution < 1.29 is 4.74 Å². The molecule has 18 heavy (non-hydrogen) atoms. The van der Waals surface area contributed by atoms with Crippen LogP contribution in [-0.4, -0.2) is 21.1 Å². The summed E-state index contributed by atoms with van der Waals surface area (Å²) in [5.41, 5.74) is 0.908. The Balaban J connectivity index is 1.74. The summed E-state index contributed by atoms with van der Waals surface area (Å²) in [6.07, 6.45) is 7.25. The smallest absolute Gasteiger partial charge is 0.145 e. The second-order valence-corrected chi connectivity index (χ2v) is 3.98. The van der Waals surface area contributed by atoms with E-state index in [2.05, 4.69) is 9.97 Å². The van der Waals surface area contributed by atoms with Crippen LogP contribution >= 0.6 is 0 Å². The minimum atomic E-state index is 0.603. The van der Waals surface area contributed by atoms with Crippen molar-refractivity contribution in [3.8, 4) is 5.75 Å². The Labute approximate surface area is 105 Å². The molecular formula is C14H13N3O. The lowest BCUT2D eigenvalue weighted by Gasteiger charge is -2.08. The number of fused-ring (bicyclic) bond motifs is 1. The molecule has 0 spiro atoms. The molecule has 0 amide bonds. The van der Waals surface area contributed by atoms with Gasteiger partial charge in [-0.15, -0.1) is 0 Å². The van der Waals surface area contributed by atoms with E-state index in [1.54, 1.807) is 18.7 Å². The highest BCUT2D eigenvalue weighted by Gasteiger charge is 2.02. The maximum atomic E-state index is 5.78. The fourth-order valence-electron chi connectivity index (χ4n) is 1.87. The largest absolute Gasteiger partial charge is 0.489 e. The molecule has 0 fully saturated rings. The molecule has 1 aromatic carbocycles. The fourth-order valence-corrected chi connectivity index (χ4v) is 1.87. The minimum Gasteiger partial charge on any atom is -0.489 e. The van der Waals surface area contributed by atoms with Crippen LogP contribution in [0.3, 0.4) is 0 Å². The summed E-state index contributed by atoms with van der Waals surface area (Å²) in [6, 6.07) is 9.92. The van der Waals surface area contributed by atoms with Gasteiger partial charge in [0.05, 0.1) is 12.9 Å². The molecule has 3 aromatic rings. The Hall–Kier alpha value is -2.36. The van der Waals surface area contributed by atoms with Crippen LogP contribution in [0.5, 0.6) is 5.75 Å². The zero-order chi connectivity index (χ0) is 12.2. The van der Waals surface area contributed by atoms with Crippen LogP contribution < -0.4 is 4.74 Å². The first-order chi connectivity index (χ1) is 8.93. The number of hydrogen-bond acceptors (Lipinski definition) is 3. The molecule has 0 atom stereocenters. The number of nitrogens with zero attached hydrogens (tertiary/aromatic N) is 3. The zero-order valence-electron chi connectivity index (χ0n) is 9.86. The lowest BCUT2D eigenvalue weighted by molar-refractivity contribution is 0.301. The molecule has 0 saturated heterocycles. The van der Waals surface area contributed by atoms with Crippen LogP contribution in [-0.2, 0) is 6.54 Å². The molecule has 0 bridgehead atoms. The van der Waals surface area contributed by atoms with Gasteiger partial charge in [-0.2, -0.15) is 0 Å². The van der Waals surface area contributed by atoms with E-state index in [4.69, 9.17) is 4.74 Å². The van der Waals surface area contributed by atoms with Gasteiger partial charge in [-0.25, -0.2) is 4.98 Å². The van der Waals surface area contributed by atoms with E-state index in [1.165, 1.54) is 0 Å². The van der Waals surface area contributed by atoms with Gasteiger partial charge in [-0.1, -0.05) is 18.2 Å². The second-order valence-electron chi connectivity index (χ2n) is 3.98. The van der Waals surface area contributed by atoms with Gasteiger partial charge < -0.3 is 9.30 Å². The molecule has 2 heterocycles. The molecule has 2 aromatic heterocycles. The number of rotatable bonds is 4. The third kappa shape index (κ3) is 2.18. The molecule has 0 N–H and O–H groups in total. The third-order valence-electron chi connectivity index (χ3n) is 2.76. The predicted molar refractivity (Wildman–Crippen MR) is 69.5 cm³/mol. The molecule has 4 nitrogen and oxygen atoms in total. The van der Waals surface area contributed by atoms with Crippen LogP contribution in [0.4, 0.5) is 0 Å². The number of hydrogen-bond donors (Lipinski definition) is 0. The lowest BCUT2D eigenvalue weighted by atomic mass is 10.2. The topological polar surface area (TPSA) is 39.9 Å². The Bertz CT molecular complexity index is 629. The summed E-state index contributed by atoms with van der Waals surface area (Å²) in [5, 5.41) is 1.10. The molecule has 0 unspecified atom stereocenters. The molecule has 0 radical (unpaired) electrons. The van der Waals surface area contributed by atoms with E-state index in [0.29, 0.717) is 6.61 Å². The van der Waals surface area contributed by atoms with E-state index in [0.717, 1.165) is 23.2 Å². The van der Waals surface area contributed by atoms with Crippen molar-refractivity contribution >= 4 is 10.9 Å². The first-order valence-electron chi connectivity index (χ1n) is 5.86. The van der Waals surface area contributed by atoms with Crippen LogP contribution in [0.25, 0.3) is 10.9 Å². The van der Waals surface area contributed by atoms with Gasteiger partial charge in [0.15, 0.2) is 0 Å².